The molecular weight excluding hydrogens is 617 g/mol. The van der Waals surface area contributed by atoms with Crippen molar-refractivity contribution in [1.29, 1.82) is 0 Å². The second kappa shape index (κ2) is 13.7. The quantitative estimate of drug-likeness (QED) is 0.251. The number of hydrogen-bond acceptors (Lipinski definition) is 4. The average Bonchev–Trinajstić information content (AvgIpc) is 2.89. The van der Waals surface area contributed by atoms with E-state index in [9.17, 15) is 18.0 Å². The molecule has 0 aliphatic rings. The summed E-state index contributed by atoms with van der Waals surface area (Å²) in [7, 11) is -4.23. The third kappa shape index (κ3) is 8.19. The number of amides is 2. The Morgan fingerprint density at radius 3 is 2.07 bits per heavy atom. The fourth-order valence-corrected chi connectivity index (χ4v) is 6.58. The molecule has 0 fully saturated rings. The highest BCUT2D eigenvalue weighted by molar-refractivity contribution is 7.92. The third-order valence-electron chi connectivity index (χ3n) is 6.60. The van der Waals surface area contributed by atoms with Gasteiger partial charge in [-0.25, -0.2) is 8.42 Å². The van der Waals surface area contributed by atoms with Crippen molar-refractivity contribution in [3.63, 3.8) is 0 Å². The number of nitrogens with one attached hydrogen (secondary N) is 1. The Labute approximate surface area is 263 Å². The lowest BCUT2D eigenvalue weighted by atomic mass is 10.1. The number of nitrogens with zero attached hydrogens (tertiary/aromatic N) is 2. The highest BCUT2D eigenvalue weighted by Gasteiger charge is 2.35. The summed E-state index contributed by atoms with van der Waals surface area (Å²) in [6.45, 7) is 10.2. The van der Waals surface area contributed by atoms with Crippen LogP contribution in [-0.2, 0) is 26.2 Å². The van der Waals surface area contributed by atoms with Crippen molar-refractivity contribution in [2.45, 2.75) is 71.0 Å². The van der Waals surface area contributed by atoms with E-state index in [0.29, 0.717) is 26.2 Å². The zero-order valence-electron chi connectivity index (χ0n) is 24.5. The monoisotopic (exact) mass is 651 g/mol. The van der Waals surface area contributed by atoms with Gasteiger partial charge in [0.05, 0.1) is 10.6 Å². The van der Waals surface area contributed by atoms with Gasteiger partial charge < -0.3 is 10.2 Å². The normalized spacial score (nSPS) is 12.5. The number of carbonyl (C=O) groups is 2. The first kappa shape index (κ1) is 33.7. The smallest absolute Gasteiger partial charge is 0.264 e. The van der Waals surface area contributed by atoms with Crippen LogP contribution < -0.4 is 9.62 Å². The number of hydrogen-bond donors (Lipinski definition) is 1. The van der Waals surface area contributed by atoms with Crippen molar-refractivity contribution >= 4 is 62.3 Å². The molecular formula is C31H36Cl3N3O4S. The second-order valence-electron chi connectivity index (χ2n) is 11.1. The Bertz CT molecular complexity index is 1530. The van der Waals surface area contributed by atoms with Gasteiger partial charge in [0.2, 0.25) is 11.8 Å². The molecule has 3 aromatic carbocycles. The van der Waals surface area contributed by atoms with Crippen molar-refractivity contribution < 1.29 is 18.0 Å². The SMILES string of the molecule is CC[C@@H](C(=O)NC(C)(C)C)N(Cc1c(Cl)cccc1Cl)C(=O)CN(c1cc(Cl)ccc1C)S(=O)(=O)c1ccc(C)cc1. The lowest BCUT2D eigenvalue weighted by Gasteiger charge is -2.35. The summed E-state index contributed by atoms with van der Waals surface area (Å²) in [5.74, 6) is -0.995. The number of anilines is 1. The average molecular weight is 653 g/mol. The van der Waals surface area contributed by atoms with Gasteiger partial charge in [0.25, 0.3) is 10.0 Å². The second-order valence-corrected chi connectivity index (χ2v) is 14.3. The molecule has 0 radical (unpaired) electrons. The highest BCUT2D eigenvalue weighted by Crippen LogP contribution is 2.31. The van der Waals surface area contributed by atoms with Crippen molar-refractivity contribution in [3.8, 4) is 0 Å². The number of sulfonamides is 1. The van der Waals surface area contributed by atoms with Crippen LogP contribution >= 0.6 is 34.8 Å². The van der Waals surface area contributed by atoms with Gasteiger partial charge in [0, 0.05) is 32.7 Å². The summed E-state index contributed by atoms with van der Waals surface area (Å²) in [5, 5.41) is 3.88. The molecule has 0 aliphatic carbocycles. The van der Waals surface area contributed by atoms with Crippen molar-refractivity contribution in [1.82, 2.24) is 10.2 Å². The van der Waals surface area contributed by atoms with Crippen molar-refractivity contribution in [2.75, 3.05) is 10.8 Å². The molecule has 0 unspecified atom stereocenters. The Kier molecular flexibility index (Phi) is 11.0. The van der Waals surface area contributed by atoms with Crippen LogP contribution in [0.4, 0.5) is 5.69 Å². The van der Waals surface area contributed by atoms with Gasteiger partial charge in [0.1, 0.15) is 12.6 Å². The maximum Gasteiger partial charge on any atom is 0.264 e. The minimum atomic E-state index is -4.23. The molecule has 1 N–H and O–H groups in total. The fourth-order valence-electron chi connectivity index (χ4n) is 4.43. The Balaban J connectivity index is 2.16. The van der Waals surface area contributed by atoms with Crippen LogP contribution in [0.25, 0.3) is 0 Å². The van der Waals surface area contributed by atoms with Crippen LogP contribution in [0.2, 0.25) is 15.1 Å². The zero-order chi connectivity index (χ0) is 31.4. The molecule has 0 saturated carbocycles. The minimum absolute atomic E-state index is 0.0125. The van der Waals surface area contributed by atoms with E-state index in [1.165, 1.54) is 23.1 Å². The molecule has 1 atom stereocenters. The summed E-state index contributed by atoms with van der Waals surface area (Å²) in [6, 6.07) is 15.2. The summed E-state index contributed by atoms with van der Waals surface area (Å²) in [5.41, 5.74) is 1.61. The molecule has 226 valence electrons. The Hall–Kier alpha value is -2.78. The van der Waals surface area contributed by atoms with Gasteiger partial charge in [-0.1, -0.05) is 71.6 Å². The third-order valence-corrected chi connectivity index (χ3v) is 9.32. The van der Waals surface area contributed by atoms with Gasteiger partial charge in [-0.15, -0.1) is 0 Å². The molecule has 2 amide bonds. The maximum absolute atomic E-state index is 14.3. The van der Waals surface area contributed by atoms with Crippen LogP contribution in [0.3, 0.4) is 0 Å². The number of aryl methyl sites for hydroxylation is 2. The summed E-state index contributed by atoms with van der Waals surface area (Å²) < 4.78 is 29.2. The summed E-state index contributed by atoms with van der Waals surface area (Å²) >= 11 is 19.2. The van der Waals surface area contributed by atoms with E-state index in [0.717, 1.165) is 9.87 Å². The van der Waals surface area contributed by atoms with Gasteiger partial charge in [-0.3, -0.25) is 13.9 Å². The van der Waals surface area contributed by atoms with Gasteiger partial charge in [0.15, 0.2) is 0 Å². The first-order chi connectivity index (χ1) is 19.5. The van der Waals surface area contributed by atoms with E-state index >= 15 is 0 Å². The predicted molar refractivity (Wildman–Crippen MR) is 171 cm³/mol. The van der Waals surface area contributed by atoms with E-state index in [-0.39, 0.29) is 29.5 Å². The number of halogens is 3. The van der Waals surface area contributed by atoms with Crippen LogP contribution in [-0.4, -0.2) is 43.3 Å². The van der Waals surface area contributed by atoms with Gasteiger partial charge in [-0.05, 0) is 83.0 Å². The molecule has 3 aromatic rings. The van der Waals surface area contributed by atoms with E-state index in [1.807, 2.05) is 27.7 Å². The van der Waals surface area contributed by atoms with Crippen molar-refractivity contribution in [3.05, 3.63) is 92.4 Å². The van der Waals surface area contributed by atoms with Crippen LogP contribution in [0, 0.1) is 13.8 Å². The molecule has 0 heterocycles. The van der Waals surface area contributed by atoms with Crippen LogP contribution in [0.1, 0.15) is 50.8 Å². The molecule has 0 saturated heterocycles. The zero-order valence-corrected chi connectivity index (χ0v) is 27.6. The van der Waals surface area contributed by atoms with E-state index in [1.54, 1.807) is 56.3 Å². The van der Waals surface area contributed by atoms with Crippen molar-refractivity contribution in [2.24, 2.45) is 0 Å². The molecule has 0 aromatic heterocycles. The van der Waals surface area contributed by atoms with Crippen LogP contribution in [0.5, 0.6) is 0 Å². The largest absolute Gasteiger partial charge is 0.350 e. The topological polar surface area (TPSA) is 86.8 Å². The number of rotatable bonds is 10. The fraction of sp³-hybridized carbons (Fsp3) is 0.355. The molecule has 0 aliphatic heterocycles. The minimum Gasteiger partial charge on any atom is -0.350 e. The molecule has 7 nitrogen and oxygen atoms in total. The van der Waals surface area contributed by atoms with E-state index in [4.69, 9.17) is 34.8 Å². The molecule has 42 heavy (non-hydrogen) atoms. The predicted octanol–water partition coefficient (Wildman–Crippen LogP) is 7.18. The lowest BCUT2D eigenvalue weighted by molar-refractivity contribution is -0.141. The number of benzene rings is 3. The van der Waals surface area contributed by atoms with E-state index < -0.39 is 34.1 Å². The maximum atomic E-state index is 14.3. The standard InChI is InChI=1S/C31H36Cl3N3O4S/c1-7-27(30(39)35-31(4,5)6)36(18-24-25(33)9-8-10-26(24)34)29(38)19-37(28-17-22(32)14-13-21(28)3)42(40,41)23-15-11-20(2)12-16-23/h8-17,27H,7,18-19H2,1-6H3,(H,35,39)/t27-/m0/s1. The van der Waals surface area contributed by atoms with E-state index in [2.05, 4.69) is 5.32 Å². The Morgan fingerprint density at radius 2 is 1.52 bits per heavy atom. The lowest BCUT2D eigenvalue weighted by Crippen LogP contribution is -2.55. The molecule has 11 heteroatoms. The molecule has 0 bridgehead atoms. The summed E-state index contributed by atoms with van der Waals surface area (Å²) in [4.78, 5) is 29.1. The molecule has 3 rings (SSSR count). The van der Waals surface area contributed by atoms with Gasteiger partial charge >= 0.3 is 0 Å². The summed E-state index contributed by atoms with van der Waals surface area (Å²) in [6.07, 6.45) is 0.261. The highest BCUT2D eigenvalue weighted by atomic mass is 35.5. The number of carbonyl (C=O) groups excluding carboxylic acids is 2. The van der Waals surface area contributed by atoms with Crippen LogP contribution in [0.15, 0.2) is 65.6 Å². The van der Waals surface area contributed by atoms with Gasteiger partial charge in [-0.2, -0.15) is 0 Å². The molecule has 0 spiro atoms. The first-order valence-electron chi connectivity index (χ1n) is 13.4. The Morgan fingerprint density at radius 1 is 0.929 bits per heavy atom. The first-order valence-corrected chi connectivity index (χ1v) is 16.0.